The molecule has 0 amide bonds. The Labute approximate surface area is 133 Å². The zero-order chi connectivity index (χ0) is 14.8. The predicted octanol–water partition coefficient (Wildman–Crippen LogP) is 3.33. The molecule has 1 atom stereocenters. The number of nitrogens with zero attached hydrogens (tertiary/aromatic N) is 2. The van der Waals surface area contributed by atoms with E-state index in [-0.39, 0.29) is 10.6 Å². The summed E-state index contributed by atoms with van der Waals surface area (Å²) >= 11 is 3.33. The third-order valence-electron chi connectivity index (χ3n) is 4.29. The molecule has 1 unspecified atom stereocenters. The van der Waals surface area contributed by atoms with Gasteiger partial charge in [0.15, 0.2) is 0 Å². The SMILES string of the molecule is O=[N+]([O-])c1cc(Br)ccc1N(CC1CCCNC1)C1CC1. The monoisotopic (exact) mass is 353 g/mol. The van der Waals surface area contributed by atoms with Gasteiger partial charge in [-0.3, -0.25) is 10.1 Å². The Hall–Kier alpha value is -1.14. The van der Waals surface area contributed by atoms with Crippen molar-refractivity contribution in [1.82, 2.24) is 5.32 Å². The lowest BCUT2D eigenvalue weighted by Gasteiger charge is -2.31. The van der Waals surface area contributed by atoms with Gasteiger partial charge in [0.2, 0.25) is 0 Å². The number of nitro groups is 1. The number of halogens is 1. The summed E-state index contributed by atoms with van der Waals surface area (Å²) in [5.74, 6) is 0.586. The molecular formula is C15H20BrN3O2. The summed E-state index contributed by atoms with van der Waals surface area (Å²) in [7, 11) is 0. The van der Waals surface area contributed by atoms with Gasteiger partial charge in [-0.25, -0.2) is 0 Å². The standard InChI is InChI=1S/C15H20BrN3O2/c16-12-3-6-14(15(8-12)19(20)21)18(13-4-5-13)10-11-2-1-7-17-9-11/h3,6,8,11,13,17H,1-2,4-5,7,9-10H2. The highest BCUT2D eigenvalue weighted by Crippen LogP contribution is 2.39. The average molecular weight is 354 g/mol. The van der Waals surface area contributed by atoms with E-state index >= 15 is 0 Å². The molecule has 21 heavy (non-hydrogen) atoms. The average Bonchev–Trinajstić information content (AvgIpc) is 3.31. The van der Waals surface area contributed by atoms with Crippen LogP contribution in [-0.2, 0) is 0 Å². The van der Waals surface area contributed by atoms with E-state index in [9.17, 15) is 10.1 Å². The number of anilines is 1. The van der Waals surface area contributed by atoms with Gasteiger partial charge in [-0.1, -0.05) is 15.9 Å². The first-order valence-electron chi connectivity index (χ1n) is 7.56. The zero-order valence-electron chi connectivity index (χ0n) is 11.9. The summed E-state index contributed by atoms with van der Waals surface area (Å²) in [6, 6.07) is 5.88. The van der Waals surface area contributed by atoms with E-state index in [0.29, 0.717) is 12.0 Å². The molecule has 1 saturated heterocycles. The largest absolute Gasteiger partial charge is 0.363 e. The number of piperidine rings is 1. The topological polar surface area (TPSA) is 58.4 Å². The second kappa shape index (κ2) is 6.32. The van der Waals surface area contributed by atoms with Crippen LogP contribution in [0.3, 0.4) is 0 Å². The molecule has 0 bridgehead atoms. The van der Waals surface area contributed by atoms with Crippen LogP contribution in [-0.4, -0.2) is 30.6 Å². The van der Waals surface area contributed by atoms with E-state index < -0.39 is 0 Å². The highest BCUT2D eigenvalue weighted by Gasteiger charge is 2.34. The Balaban J connectivity index is 1.85. The fraction of sp³-hybridized carbons (Fsp3) is 0.600. The molecule has 0 radical (unpaired) electrons. The minimum absolute atomic E-state index is 0.208. The molecular weight excluding hydrogens is 334 g/mol. The predicted molar refractivity (Wildman–Crippen MR) is 86.8 cm³/mol. The molecule has 2 fully saturated rings. The third kappa shape index (κ3) is 3.55. The van der Waals surface area contributed by atoms with Crippen LogP contribution in [0.1, 0.15) is 25.7 Å². The summed E-state index contributed by atoms with van der Waals surface area (Å²) < 4.78 is 0.757. The van der Waals surface area contributed by atoms with Crippen molar-refractivity contribution in [2.45, 2.75) is 31.7 Å². The van der Waals surface area contributed by atoms with Gasteiger partial charge in [-0.15, -0.1) is 0 Å². The van der Waals surface area contributed by atoms with Crippen molar-refractivity contribution >= 4 is 27.3 Å². The van der Waals surface area contributed by atoms with E-state index in [1.54, 1.807) is 6.07 Å². The van der Waals surface area contributed by atoms with Crippen molar-refractivity contribution in [3.63, 3.8) is 0 Å². The fourth-order valence-electron chi connectivity index (χ4n) is 3.07. The Kier molecular flexibility index (Phi) is 4.45. The Morgan fingerprint density at radius 3 is 2.81 bits per heavy atom. The van der Waals surface area contributed by atoms with Crippen LogP contribution in [0.25, 0.3) is 0 Å². The Morgan fingerprint density at radius 2 is 2.19 bits per heavy atom. The summed E-state index contributed by atoms with van der Waals surface area (Å²) in [5.41, 5.74) is 0.983. The lowest BCUT2D eigenvalue weighted by molar-refractivity contribution is -0.384. The van der Waals surface area contributed by atoms with E-state index in [2.05, 4.69) is 26.1 Å². The van der Waals surface area contributed by atoms with Crippen molar-refractivity contribution < 1.29 is 4.92 Å². The molecule has 0 aromatic heterocycles. The number of hydrogen-bond donors (Lipinski definition) is 1. The van der Waals surface area contributed by atoms with E-state index in [1.165, 1.54) is 12.8 Å². The molecule has 1 aromatic rings. The fourth-order valence-corrected chi connectivity index (χ4v) is 3.42. The molecule has 1 aliphatic heterocycles. The Bertz CT molecular complexity index is 528. The van der Waals surface area contributed by atoms with Crippen LogP contribution in [0.4, 0.5) is 11.4 Å². The van der Waals surface area contributed by atoms with Crippen molar-refractivity contribution in [3.05, 3.63) is 32.8 Å². The van der Waals surface area contributed by atoms with Crippen molar-refractivity contribution in [2.75, 3.05) is 24.5 Å². The van der Waals surface area contributed by atoms with Crippen molar-refractivity contribution in [1.29, 1.82) is 0 Å². The third-order valence-corrected chi connectivity index (χ3v) is 4.78. The molecule has 114 valence electrons. The number of nitrogens with one attached hydrogen (secondary N) is 1. The van der Waals surface area contributed by atoms with Gasteiger partial charge in [0.05, 0.1) is 4.92 Å². The maximum atomic E-state index is 11.4. The van der Waals surface area contributed by atoms with Gasteiger partial charge in [-0.05, 0) is 56.8 Å². The molecule has 2 aliphatic rings. The molecule has 6 heteroatoms. The van der Waals surface area contributed by atoms with Crippen LogP contribution in [0.15, 0.2) is 22.7 Å². The van der Waals surface area contributed by atoms with Gasteiger partial charge >= 0.3 is 0 Å². The lowest BCUT2D eigenvalue weighted by Crippen LogP contribution is -2.39. The number of hydrogen-bond acceptors (Lipinski definition) is 4. The van der Waals surface area contributed by atoms with Crippen molar-refractivity contribution in [3.8, 4) is 0 Å². The van der Waals surface area contributed by atoms with Gasteiger partial charge in [0.25, 0.3) is 5.69 Å². The lowest BCUT2D eigenvalue weighted by atomic mass is 9.98. The van der Waals surface area contributed by atoms with Gasteiger partial charge in [0.1, 0.15) is 5.69 Å². The minimum Gasteiger partial charge on any atom is -0.363 e. The van der Waals surface area contributed by atoms with Crippen LogP contribution in [0.2, 0.25) is 0 Å². The first kappa shape index (κ1) is 14.8. The highest BCUT2D eigenvalue weighted by molar-refractivity contribution is 9.10. The van der Waals surface area contributed by atoms with E-state index in [4.69, 9.17) is 0 Å². The second-order valence-electron chi connectivity index (χ2n) is 5.99. The van der Waals surface area contributed by atoms with Crippen molar-refractivity contribution in [2.24, 2.45) is 5.92 Å². The summed E-state index contributed by atoms with van der Waals surface area (Å²) in [5, 5.41) is 14.8. The number of nitro benzene ring substituents is 1. The molecule has 1 aliphatic carbocycles. The van der Waals surface area contributed by atoms with Gasteiger partial charge < -0.3 is 10.2 Å². The molecule has 1 aromatic carbocycles. The van der Waals surface area contributed by atoms with E-state index in [0.717, 1.165) is 42.6 Å². The van der Waals surface area contributed by atoms with E-state index in [1.807, 2.05) is 12.1 Å². The Morgan fingerprint density at radius 1 is 1.38 bits per heavy atom. The second-order valence-corrected chi connectivity index (χ2v) is 6.90. The minimum atomic E-state index is -0.269. The summed E-state index contributed by atoms with van der Waals surface area (Å²) in [6.07, 6.45) is 4.70. The summed E-state index contributed by atoms with van der Waals surface area (Å²) in [6.45, 7) is 3.03. The maximum Gasteiger partial charge on any atom is 0.293 e. The molecule has 5 nitrogen and oxygen atoms in total. The highest BCUT2D eigenvalue weighted by atomic mass is 79.9. The number of rotatable bonds is 5. The quantitative estimate of drug-likeness (QED) is 0.651. The smallest absolute Gasteiger partial charge is 0.293 e. The van der Waals surface area contributed by atoms with Crippen LogP contribution >= 0.6 is 15.9 Å². The summed E-state index contributed by atoms with van der Waals surface area (Å²) in [4.78, 5) is 13.4. The normalized spacial score (nSPS) is 22.0. The molecule has 1 heterocycles. The molecule has 1 saturated carbocycles. The number of benzene rings is 1. The van der Waals surface area contributed by atoms with Gasteiger partial charge in [0, 0.05) is 23.1 Å². The van der Waals surface area contributed by atoms with Crippen LogP contribution in [0.5, 0.6) is 0 Å². The maximum absolute atomic E-state index is 11.4. The molecule has 3 rings (SSSR count). The first-order valence-corrected chi connectivity index (χ1v) is 8.36. The zero-order valence-corrected chi connectivity index (χ0v) is 13.5. The van der Waals surface area contributed by atoms with Crippen LogP contribution < -0.4 is 10.2 Å². The molecule has 1 N–H and O–H groups in total. The first-order chi connectivity index (χ1) is 10.1. The van der Waals surface area contributed by atoms with Crippen LogP contribution in [0, 0.1) is 16.0 Å². The molecule has 0 spiro atoms. The van der Waals surface area contributed by atoms with Gasteiger partial charge in [-0.2, -0.15) is 0 Å².